The van der Waals surface area contributed by atoms with Crippen molar-refractivity contribution in [1.29, 1.82) is 0 Å². The molecule has 3 heterocycles. The van der Waals surface area contributed by atoms with Gasteiger partial charge in [0.2, 0.25) is 5.88 Å². The van der Waals surface area contributed by atoms with Crippen molar-refractivity contribution in [2.24, 2.45) is 5.92 Å². The summed E-state index contributed by atoms with van der Waals surface area (Å²) in [7, 11) is 0. The highest BCUT2D eigenvalue weighted by Gasteiger charge is 2.19. The van der Waals surface area contributed by atoms with Crippen LogP contribution in [0.5, 0.6) is 5.88 Å². The van der Waals surface area contributed by atoms with Crippen LogP contribution in [0.15, 0.2) is 24.8 Å². The first-order chi connectivity index (χ1) is 12.8. The Kier molecular flexibility index (Phi) is 5.51. The molecule has 0 unspecified atom stereocenters. The van der Waals surface area contributed by atoms with Gasteiger partial charge in [0.25, 0.3) is 0 Å². The smallest absolute Gasteiger partial charge is 0.232 e. The number of hydrogen-bond donors (Lipinski definition) is 1. The van der Waals surface area contributed by atoms with Crippen LogP contribution in [0, 0.1) is 5.92 Å². The molecule has 0 atom stereocenters. The Morgan fingerprint density at radius 2 is 1.96 bits per heavy atom. The predicted octanol–water partition coefficient (Wildman–Crippen LogP) is 4.28. The Bertz CT molecular complexity index is 932. The highest BCUT2D eigenvalue weighted by atomic mass is 35.5. The quantitative estimate of drug-likeness (QED) is 0.679. The van der Waals surface area contributed by atoms with E-state index in [9.17, 15) is 0 Å². The van der Waals surface area contributed by atoms with Crippen LogP contribution in [0.4, 0.5) is 5.82 Å². The average Bonchev–Trinajstić information content (AvgIpc) is 3.04. The van der Waals surface area contributed by atoms with Gasteiger partial charge in [-0.25, -0.2) is 19.6 Å². The Morgan fingerprint density at radius 3 is 2.63 bits per heavy atom. The summed E-state index contributed by atoms with van der Waals surface area (Å²) in [6.45, 7) is 11.5. The van der Waals surface area contributed by atoms with E-state index in [0.717, 1.165) is 22.4 Å². The van der Waals surface area contributed by atoms with Crippen LogP contribution >= 0.6 is 11.6 Å². The fourth-order valence-electron chi connectivity index (χ4n) is 2.58. The minimum absolute atomic E-state index is 0.156. The maximum atomic E-state index is 6.29. The van der Waals surface area contributed by atoms with Crippen molar-refractivity contribution in [1.82, 2.24) is 24.7 Å². The van der Waals surface area contributed by atoms with Gasteiger partial charge in [0, 0.05) is 12.7 Å². The summed E-state index contributed by atoms with van der Waals surface area (Å²) in [6.07, 6.45) is 5.09. The van der Waals surface area contributed by atoms with Crippen LogP contribution in [0.3, 0.4) is 0 Å². The maximum absolute atomic E-state index is 6.29. The summed E-state index contributed by atoms with van der Waals surface area (Å²) in [5, 5.41) is 9.17. The largest absolute Gasteiger partial charge is 0.476 e. The molecule has 0 aliphatic heterocycles. The number of anilines is 1. The fraction of sp³-hybridized carbons (Fsp3) is 0.474. The van der Waals surface area contributed by atoms with Gasteiger partial charge in [0.15, 0.2) is 5.65 Å². The van der Waals surface area contributed by atoms with Crippen LogP contribution < -0.4 is 10.1 Å². The highest BCUT2D eigenvalue weighted by Crippen LogP contribution is 2.26. The zero-order valence-electron chi connectivity index (χ0n) is 16.3. The van der Waals surface area contributed by atoms with E-state index in [-0.39, 0.29) is 5.54 Å². The number of pyridine rings is 1. The van der Waals surface area contributed by atoms with Crippen molar-refractivity contribution in [2.75, 3.05) is 11.9 Å². The summed E-state index contributed by atoms with van der Waals surface area (Å²) in [5.74, 6) is 1.61. The van der Waals surface area contributed by atoms with Gasteiger partial charge in [-0.1, -0.05) is 25.4 Å². The second-order valence-corrected chi connectivity index (χ2v) is 8.28. The van der Waals surface area contributed by atoms with Crippen molar-refractivity contribution in [3.63, 3.8) is 0 Å². The molecule has 3 aromatic rings. The second-order valence-electron chi connectivity index (χ2n) is 7.88. The molecule has 0 aromatic carbocycles. The highest BCUT2D eigenvalue weighted by molar-refractivity contribution is 6.31. The van der Waals surface area contributed by atoms with Crippen LogP contribution in [-0.2, 0) is 12.1 Å². The first-order valence-electron chi connectivity index (χ1n) is 8.96. The maximum Gasteiger partial charge on any atom is 0.232 e. The summed E-state index contributed by atoms with van der Waals surface area (Å²) < 4.78 is 7.51. The van der Waals surface area contributed by atoms with Crippen LogP contribution in [0.2, 0.25) is 5.02 Å². The van der Waals surface area contributed by atoms with Gasteiger partial charge in [-0.3, -0.25) is 0 Å². The Morgan fingerprint density at radius 1 is 1.19 bits per heavy atom. The Balaban J connectivity index is 1.75. The van der Waals surface area contributed by atoms with E-state index in [2.05, 4.69) is 60.0 Å². The molecule has 27 heavy (non-hydrogen) atoms. The standard InChI is InChI=1S/C19H25ClN6O/c1-12(2)10-27-18-15(20)6-13(8-22-18)7-21-16-14-9-25-26(19(3,4)5)17(14)24-11-23-16/h6,8-9,11-12H,7,10H2,1-5H3,(H,21,23,24). The van der Waals surface area contributed by atoms with Gasteiger partial charge in [-0.05, 0) is 38.3 Å². The van der Waals surface area contributed by atoms with Gasteiger partial charge >= 0.3 is 0 Å². The van der Waals surface area contributed by atoms with E-state index in [1.165, 1.54) is 0 Å². The molecule has 0 saturated heterocycles. The number of nitrogens with zero attached hydrogens (tertiary/aromatic N) is 5. The Hall–Kier alpha value is -2.41. The minimum Gasteiger partial charge on any atom is -0.476 e. The molecule has 0 bridgehead atoms. The molecule has 144 valence electrons. The number of hydrogen-bond acceptors (Lipinski definition) is 6. The van der Waals surface area contributed by atoms with Crippen LogP contribution in [0.25, 0.3) is 11.0 Å². The molecule has 0 radical (unpaired) electrons. The molecule has 0 aliphatic carbocycles. The molecule has 3 aromatic heterocycles. The van der Waals surface area contributed by atoms with Crippen molar-refractivity contribution in [3.05, 3.63) is 35.4 Å². The van der Waals surface area contributed by atoms with E-state index >= 15 is 0 Å². The number of aromatic nitrogens is 5. The fourth-order valence-corrected chi connectivity index (χ4v) is 2.82. The lowest BCUT2D eigenvalue weighted by Crippen LogP contribution is -2.23. The summed E-state index contributed by atoms with van der Waals surface area (Å²) in [6, 6.07) is 1.86. The lowest BCUT2D eigenvalue weighted by Gasteiger charge is -2.19. The van der Waals surface area contributed by atoms with Gasteiger partial charge in [0.1, 0.15) is 17.2 Å². The topological polar surface area (TPSA) is 77.8 Å². The summed E-state index contributed by atoms with van der Waals surface area (Å²) in [5.41, 5.74) is 1.58. The van der Waals surface area contributed by atoms with E-state index in [1.54, 1.807) is 18.7 Å². The van der Waals surface area contributed by atoms with Crippen LogP contribution in [-0.4, -0.2) is 31.3 Å². The molecular weight excluding hydrogens is 364 g/mol. The van der Waals surface area contributed by atoms with Crippen molar-refractivity contribution >= 4 is 28.5 Å². The van der Waals surface area contributed by atoms with Crippen molar-refractivity contribution < 1.29 is 4.74 Å². The van der Waals surface area contributed by atoms with E-state index in [4.69, 9.17) is 16.3 Å². The molecule has 8 heteroatoms. The number of halogens is 1. The second kappa shape index (κ2) is 7.68. The minimum atomic E-state index is -0.156. The van der Waals surface area contributed by atoms with Crippen molar-refractivity contribution in [3.8, 4) is 5.88 Å². The zero-order chi connectivity index (χ0) is 19.6. The molecule has 7 nitrogen and oxygen atoms in total. The molecular formula is C19H25ClN6O. The zero-order valence-corrected chi connectivity index (χ0v) is 17.1. The molecule has 0 amide bonds. The van der Waals surface area contributed by atoms with E-state index in [1.807, 2.05) is 10.7 Å². The molecule has 0 saturated carbocycles. The predicted molar refractivity (Wildman–Crippen MR) is 107 cm³/mol. The SMILES string of the molecule is CC(C)COc1ncc(CNc2ncnc3c2cnn3C(C)(C)C)cc1Cl. The molecule has 3 rings (SSSR count). The van der Waals surface area contributed by atoms with Crippen molar-refractivity contribution in [2.45, 2.75) is 46.7 Å². The molecule has 0 spiro atoms. The van der Waals surface area contributed by atoms with E-state index < -0.39 is 0 Å². The normalized spacial score (nSPS) is 12.0. The summed E-state index contributed by atoms with van der Waals surface area (Å²) >= 11 is 6.29. The van der Waals surface area contributed by atoms with Gasteiger partial charge < -0.3 is 10.1 Å². The number of rotatable bonds is 6. The first kappa shape index (κ1) is 19.4. The van der Waals surface area contributed by atoms with Gasteiger partial charge in [0.05, 0.1) is 23.7 Å². The molecule has 1 N–H and O–H groups in total. The third kappa shape index (κ3) is 4.47. The van der Waals surface area contributed by atoms with E-state index in [0.29, 0.717) is 30.0 Å². The van der Waals surface area contributed by atoms with Gasteiger partial charge in [-0.2, -0.15) is 5.10 Å². The monoisotopic (exact) mass is 388 g/mol. The summed E-state index contributed by atoms with van der Waals surface area (Å²) in [4.78, 5) is 13.1. The first-order valence-corrected chi connectivity index (χ1v) is 9.34. The van der Waals surface area contributed by atoms with Gasteiger partial charge in [-0.15, -0.1) is 0 Å². The third-order valence-corrected chi connectivity index (χ3v) is 4.15. The number of ether oxygens (including phenoxy) is 1. The average molecular weight is 389 g/mol. The van der Waals surface area contributed by atoms with Crippen LogP contribution in [0.1, 0.15) is 40.2 Å². The lowest BCUT2D eigenvalue weighted by atomic mass is 10.1. The number of fused-ring (bicyclic) bond motifs is 1. The third-order valence-electron chi connectivity index (χ3n) is 3.88. The molecule has 0 fully saturated rings. The molecule has 0 aliphatic rings. The lowest BCUT2D eigenvalue weighted by molar-refractivity contribution is 0.261. The number of nitrogens with one attached hydrogen (secondary N) is 1. The Labute approximate surface area is 164 Å².